The summed E-state index contributed by atoms with van der Waals surface area (Å²) in [6, 6.07) is 11.6. The maximum atomic E-state index is 13.4. The number of nitrogens with zero attached hydrogens (tertiary/aromatic N) is 1. The Morgan fingerprint density at radius 1 is 1.18 bits per heavy atom. The molecule has 0 aromatic heterocycles. The summed E-state index contributed by atoms with van der Waals surface area (Å²) in [4.78, 5) is 39.8. The van der Waals surface area contributed by atoms with Crippen LogP contribution in [0.5, 0.6) is 11.5 Å². The van der Waals surface area contributed by atoms with Crippen LogP contribution >= 0.6 is 0 Å². The topological polar surface area (TPSA) is 135 Å². The highest BCUT2D eigenvalue weighted by Crippen LogP contribution is 2.51. The van der Waals surface area contributed by atoms with Gasteiger partial charge < -0.3 is 34.6 Å². The Morgan fingerprint density at radius 2 is 1.95 bits per heavy atom. The minimum atomic E-state index is -1.21. The van der Waals surface area contributed by atoms with Crippen molar-refractivity contribution >= 4 is 18.1 Å². The third kappa shape index (κ3) is 5.42. The van der Waals surface area contributed by atoms with E-state index in [1.807, 2.05) is 30.3 Å². The zero-order chi connectivity index (χ0) is 27.2. The predicted octanol–water partition coefficient (Wildman–Crippen LogP) is 1.20. The number of hydrogen-bond acceptors (Lipinski definition) is 8. The van der Waals surface area contributed by atoms with Crippen molar-refractivity contribution < 1.29 is 38.8 Å². The van der Waals surface area contributed by atoms with Crippen molar-refractivity contribution in [1.82, 2.24) is 10.2 Å². The van der Waals surface area contributed by atoms with Crippen LogP contribution in [0.15, 0.2) is 54.1 Å². The molecule has 1 aliphatic heterocycles. The Hall–Kier alpha value is -3.73. The Morgan fingerprint density at radius 3 is 2.61 bits per heavy atom. The summed E-state index contributed by atoms with van der Waals surface area (Å²) in [5.41, 5.74) is 1.97. The van der Waals surface area contributed by atoms with E-state index >= 15 is 0 Å². The summed E-state index contributed by atoms with van der Waals surface area (Å²) in [5.74, 6) is -0.830. The van der Waals surface area contributed by atoms with Crippen molar-refractivity contribution in [1.29, 1.82) is 0 Å². The Balaban J connectivity index is 1.81. The molecule has 0 radical (unpaired) electrons. The second-order valence-corrected chi connectivity index (χ2v) is 9.15. The molecule has 1 heterocycles. The van der Waals surface area contributed by atoms with E-state index in [9.17, 15) is 24.6 Å². The van der Waals surface area contributed by atoms with E-state index in [1.54, 1.807) is 12.1 Å². The number of aliphatic hydroxyl groups excluding tert-OH is 2. The van der Waals surface area contributed by atoms with Crippen molar-refractivity contribution in [2.45, 2.75) is 37.1 Å². The van der Waals surface area contributed by atoms with Crippen LogP contribution in [0.1, 0.15) is 33.8 Å². The summed E-state index contributed by atoms with van der Waals surface area (Å²) in [6.07, 6.45) is 0.201. The molecule has 0 fully saturated rings. The van der Waals surface area contributed by atoms with Crippen LogP contribution in [0.3, 0.4) is 0 Å². The number of carbonyl (C=O) groups excluding carboxylic acids is 3. The lowest BCUT2D eigenvalue weighted by atomic mass is 9.77. The van der Waals surface area contributed by atoms with E-state index in [1.165, 1.54) is 25.2 Å². The van der Waals surface area contributed by atoms with E-state index in [2.05, 4.69) is 5.32 Å². The van der Waals surface area contributed by atoms with Gasteiger partial charge in [-0.15, -0.1) is 0 Å². The van der Waals surface area contributed by atoms with Crippen LogP contribution in [0.25, 0.3) is 0 Å². The molecule has 0 spiro atoms. The molecule has 10 nitrogen and oxygen atoms in total. The molecule has 10 heteroatoms. The monoisotopic (exact) mass is 524 g/mol. The highest BCUT2D eigenvalue weighted by molar-refractivity contribution is 5.96. The number of rotatable bonds is 11. The van der Waals surface area contributed by atoms with Gasteiger partial charge in [0.25, 0.3) is 0 Å². The van der Waals surface area contributed by atoms with Crippen molar-refractivity contribution in [3.63, 3.8) is 0 Å². The molecular weight excluding hydrogens is 492 g/mol. The van der Waals surface area contributed by atoms with Crippen molar-refractivity contribution in [3.05, 3.63) is 70.8 Å². The SMILES string of the molecule is COCCC(=O)N(Cc1ccccc1)C1C=C(C(=O)NCCO)C2c3cc(C=O)cc(OC)c3OC2C1O. The summed E-state index contributed by atoms with van der Waals surface area (Å²) in [6.45, 7) is 0.147. The number of benzene rings is 2. The highest BCUT2D eigenvalue weighted by Gasteiger charge is 2.51. The second-order valence-electron chi connectivity index (χ2n) is 9.15. The molecule has 2 amide bonds. The van der Waals surface area contributed by atoms with Crippen LogP contribution in [-0.4, -0.2) is 85.4 Å². The fourth-order valence-electron chi connectivity index (χ4n) is 5.03. The van der Waals surface area contributed by atoms with Gasteiger partial charge in [-0.05, 0) is 23.8 Å². The third-order valence-electron chi connectivity index (χ3n) is 6.81. The van der Waals surface area contributed by atoms with Gasteiger partial charge in [0.15, 0.2) is 11.5 Å². The number of aliphatic hydroxyl groups is 2. The fraction of sp³-hybridized carbons (Fsp3) is 0.393. The number of methoxy groups -OCH3 is 2. The number of aldehydes is 1. The first-order valence-electron chi connectivity index (χ1n) is 12.4. The molecule has 2 aromatic carbocycles. The van der Waals surface area contributed by atoms with Gasteiger partial charge in [0.1, 0.15) is 18.5 Å². The number of fused-ring (bicyclic) bond motifs is 3. The minimum absolute atomic E-state index is 0.0205. The van der Waals surface area contributed by atoms with Crippen LogP contribution < -0.4 is 14.8 Å². The highest BCUT2D eigenvalue weighted by atomic mass is 16.5. The zero-order valence-corrected chi connectivity index (χ0v) is 21.3. The van der Waals surface area contributed by atoms with E-state index in [0.717, 1.165) is 5.56 Å². The maximum absolute atomic E-state index is 13.4. The number of hydrogen-bond donors (Lipinski definition) is 3. The predicted molar refractivity (Wildman–Crippen MR) is 137 cm³/mol. The van der Waals surface area contributed by atoms with Gasteiger partial charge in [-0.1, -0.05) is 30.3 Å². The molecule has 38 heavy (non-hydrogen) atoms. The van der Waals surface area contributed by atoms with E-state index in [0.29, 0.717) is 28.9 Å². The van der Waals surface area contributed by atoms with E-state index < -0.39 is 30.1 Å². The summed E-state index contributed by atoms with van der Waals surface area (Å²) < 4.78 is 16.7. The molecule has 4 rings (SSSR count). The average molecular weight is 525 g/mol. The molecule has 2 aliphatic rings. The number of carbonyl (C=O) groups is 3. The van der Waals surface area contributed by atoms with Gasteiger partial charge in [0, 0.05) is 36.9 Å². The lowest BCUT2D eigenvalue weighted by molar-refractivity contribution is -0.139. The van der Waals surface area contributed by atoms with Crippen LogP contribution in [-0.2, 0) is 20.9 Å². The molecule has 0 saturated carbocycles. The molecule has 3 N–H and O–H groups in total. The fourth-order valence-corrected chi connectivity index (χ4v) is 5.03. The van der Waals surface area contributed by atoms with Crippen molar-refractivity contribution in [2.24, 2.45) is 0 Å². The lowest BCUT2D eigenvalue weighted by Gasteiger charge is -2.40. The largest absolute Gasteiger partial charge is 0.493 e. The molecule has 4 atom stereocenters. The van der Waals surface area contributed by atoms with Crippen LogP contribution in [0, 0.1) is 0 Å². The molecule has 0 bridgehead atoms. The maximum Gasteiger partial charge on any atom is 0.247 e. The molecule has 202 valence electrons. The first-order valence-corrected chi connectivity index (χ1v) is 12.4. The van der Waals surface area contributed by atoms with E-state index in [-0.39, 0.29) is 44.2 Å². The second kappa shape index (κ2) is 12.2. The first kappa shape index (κ1) is 27.3. The van der Waals surface area contributed by atoms with Crippen LogP contribution in [0.4, 0.5) is 0 Å². The minimum Gasteiger partial charge on any atom is -0.493 e. The van der Waals surface area contributed by atoms with Gasteiger partial charge >= 0.3 is 0 Å². The summed E-state index contributed by atoms with van der Waals surface area (Å²) >= 11 is 0. The molecule has 0 saturated heterocycles. The lowest BCUT2D eigenvalue weighted by Crippen LogP contribution is -2.55. The van der Waals surface area contributed by atoms with Gasteiger partial charge in [0.05, 0.1) is 38.7 Å². The normalized spacial score (nSPS) is 21.4. The Labute approximate surface area is 220 Å². The summed E-state index contributed by atoms with van der Waals surface area (Å²) in [7, 11) is 2.94. The van der Waals surface area contributed by atoms with Gasteiger partial charge in [0.2, 0.25) is 11.8 Å². The molecular formula is C28H32N2O8. The van der Waals surface area contributed by atoms with Crippen molar-refractivity contribution in [3.8, 4) is 11.5 Å². The third-order valence-corrected chi connectivity index (χ3v) is 6.81. The average Bonchev–Trinajstić information content (AvgIpc) is 3.34. The van der Waals surface area contributed by atoms with Gasteiger partial charge in [-0.3, -0.25) is 14.4 Å². The smallest absolute Gasteiger partial charge is 0.247 e. The number of nitrogens with one attached hydrogen (secondary N) is 1. The first-order chi connectivity index (χ1) is 18.4. The van der Waals surface area contributed by atoms with E-state index in [4.69, 9.17) is 14.2 Å². The standard InChI is InChI=1S/C28H32N2O8/c1-36-11-8-23(33)30(15-17-6-4-3-5-7-17)21-14-20(28(35)29-9-10-31)24-19-12-18(16-32)13-22(37-2)26(19)38-27(24)25(21)34/h3-7,12-14,16,21,24-25,27,31,34H,8-11,15H2,1-2H3,(H,29,35). The molecule has 4 unspecified atom stereocenters. The molecule has 1 aliphatic carbocycles. The number of ether oxygens (including phenoxy) is 3. The van der Waals surface area contributed by atoms with Crippen molar-refractivity contribution in [2.75, 3.05) is 34.0 Å². The molecule has 2 aromatic rings. The zero-order valence-electron chi connectivity index (χ0n) is 21.3. The van der Waals surface area contributed by atoms with Crippen LogP contribution in [0.2, 0.25) is 0 Å². The Kier molecular flexibility index (Phi) is 8.77. The quantitative estimate of drug-likeness (QED) is 0.373. The summed E-state index contributed by atoms with van der Waals surface area (Å²) in [5, 5.41) is 23.6. The van der Waals surface area contributed by atoms with Gasteiger partial charge in [-0.25, -0.2) is 0 Å². The Bertz CT molecular complexity index is 1200. The number of amides is 2. The van der Waals surface area contributed by atoms with Gasteiger partial charge in [-0.2, -0.15) is 0 Å².